The third-order valence-corrected chi connectivity index (χ3v) is 6.68. The number of amides is 1. The molecule has 27 heavy (non-hydrogen) atoms. The average molecular weight is 389 g/mol. The largest absolute Gasteiger partial charge is 0.481 e. The van der Waals surface area contributed by atoms with Crippen molar-refractivity contribution in [3.63, 3.8) is 0 Å². The molecule has 1 N–H and O–H groups in total. The summed E-state index contributed by atoms with van der Waals surface area (Å²) in [6.07, 6.45) is 7.23. The monoisotopic (exact) mass is 388 g/mol. The van der Waals surface area contributed by atoms with Crippen molar-refractivity contribution in [2.45, 2.75) is 63.5 Å². The number of anilines is 1. The van der Waals surface area contributed by atoms with Gasteiger partial charge in [0.25, 0.3) is 5.91 Å². The predicted octanol–water partition coefficient (Wildman–Crippen LogP) is 4.50. The molecule has 2 aliphatic rings. The summed E-state index contributed by atoms with van der Waals surface area (Å²) in [5, 5.41) is 10.0. The van der Waals surface area contributed by atoms with Gasteiger partial charge < -0.3 is 10.0 Å². The summed E-state index contributed by atoms with van der Waals surface area (Å²) in [5.74, 6) is -0.644. The molecule has 146 valence electrons. The topological polar surface area (TPSA) is 70.0 Å². The number of carbonyl (C=O) groups is 2. The van der Waals surface area contributed by atoms with Gasteiger partial charge >= 0.3 is 5.97 Å². The first kappa shape index (κ1) is 19.9. The van der Waals surface area contributed by atoms with Gasteiger partial charge in [-0.25, -0.2) is 0 Å². The standard InChI is InChI=1S/C21H28N2O3S/c1-2-14-23(16-11-8-15(9-12-16)10-13-19(24)25)21-22-20(26)17-6-4-3-5-7-18(17)27-21/h8-9,11-12,17-18H,2-7,10,13-14H2,1H3,(H,24,25). The molecule has 0 saturated heterocycles. The first-order valence-electron chi connectivity index (χ1n) is 9.96. The number of benzene rings is 1. The van der Waals surface area contributed by atoms with Gasteiger partial charge in [0.1, 0.15) is 0 Å². The molecule has 2 unspecified atom stereocenters. The van der Waals surface area contributed by atoms with Crippen LogP contribution in [0, 0.1) is 5.92 Å². The molecular weight excluding hydrogens is 360 g/mol. The third-order valence-electron chi connectivity index (χ3n) is 5.29. The highest BCUT2D eigenvalue weighted by atomic mass is 32.2. The number of aryl methyl sites for hydroxylation is 1. The number of hydrogen-bond acceptors (Lipinski definition) is 4. The highest BCUT2D eigenvalue weighted by Gasteiger charge is 2.36. The van der Waals surface area contributed by atoms with Gasteiger partial charge in [0.15, 0.2) is 5.17 Å². The number of amidine groups is 1. The van der Waals surface area contributed by atoms with Gasteiger partial charge in [-0.15, -0.1) is 0 Å². The molecule has 1 aromatic rings. The number of carbonyl (C=O) groups excluding carboxylic acids is 1. The van der Waals surface area contributed by atoms with E-state index >= 15 is 0 Å². The Morgan fingerprint density at radius 3 is 2.67 bits per heavy atom. The average Bonchev–Trinajstić information content (AvgIpc) is 2.91. The Kier molecular flexibility index (Phi) is 6.94. The molecule has 2 atom stereocenters. The number of thioether (sulfide) groups is 1. The number of nitrogens with zero attached hydrogens (tertiary/aromatic N) is 2. The minimum absolute atomic E-state index is 0.0508. The van der Waals surface area contributed by atoms with E-state index in [1.165, 1.54) is 12.8 Å². The molecule has 3 rings (SSSR count). The summed E-state index contributed by atoms with van der Waals surface area (Å²) in [5.41, 5.74) is 2.03. The Morgan fingerprint density at radius 2 is 1.96 bits per heavy atom. The van der Waals surface area contributed by atoms with Gasteiger partial charge in [-0.1, -0.05) is 50.1 Å². The second-order valence-corrected chi connectivity index (χ2v) is 8.55. The van der Waals surface area contributed by atoms with Crippen molar-refractivity contribution in [3.05, 3.63) is 29.8 Å². The van der Waals surface area contributed by atoms with Gasteiger partial charge in [0.05, 0.1) is 5.92 Å². The SMILES string of the molecule is CCCN(C1=NC(=O)C2CCCCCC2S1)c1ccc(CCC(=O)O)cc1. The maximum absolute atomic E-state index is 12.7. The summed E-state index contributed by atoms with van der Waals surface area (Å²) >= 11 is 1.77. The molecule has 1 saturated carbocycles. The summed E-state index contributed by atoms with van der Waals surface area (Å²) in [6.45, 7) is 2.93. The molecule has 0 bridgehead atoms. The molecular formula is C21H28N2O3S. The smallest absolute Gasteiger partial charge is 0.303 e. The first-order chi connectivity index (χ1) is 13.1. The van der Waals surface area contributed by atoms with E-state index in [9.17, 15) is 9.59 Å². The Bertz CT molecular complexity index is 702. The fourth-order valence-corrected chi connectivity index (χ4v) is 5.25. The number of rotatable bonds is 6. The van der Waals surface area contributed by atoms with Crippen LogP contribution in [0.15, 0.2) is 29.3 Å². The number of fused-ring (bicyclic) bond motifs is 1. The first-order valence-corrected chi connectivity index (χ1v) is 10.8. The van der Waals surface area contributed by atoms with Crippen LogP contribution in [0.2, 0.25) is 0 Å². The lowest BCUT2D eigenvalue weighted by molar-refractivity contribution is -0.137. The van der Waals surface area contributed by atoms with Crippen molar-refractivity contribution < 1.29 is 14.7 Å². The number of carboxylic acids is 1. The van der Waals surface area contributed by atoms with E-state index in [4.69, 9.17) is 5.11 Å². The molecule has 1 heterocycles. The number of aliphatic carboxylic acids is 1. The van der Waals surface area contributed by atoms with E-state index in [-0.39, 0.29) is 18.2 Å². The van der Waals surface area contributed by atoms with Gasteiger partial charge in [0.2, 0.25) is 0 Å². The van der Waals surface area contributed by atoms with Crippen LogP contribution >= 0.6 is 11.8 Å². The Balaban J connectivity index is 1.78. The van der Waals surface area contributed by atoms with Crippen molar-refractivity contribution in [1.82, 2.24) is 0 Å². The third kappa shape index (κ3) is 5.12. The maximum atomic E-state index is 12.7. The zero-order valence-corrected chi connectivity index (χ0v) is 16.7. The van der Waals surface area contributed by atoms with Crippen molar-refractivity contribution >= 4 is 34.5 Å². The summed E-state index contributed by atoms with van der Waals surface area (Å²) in [7, 11) is 0. The highest BCUT2D eigenvalue weighted by Crippen LogP contribution is 2.38. The molecule has 0 aromatic heterocycles. The van der Waals surface area contributed by atoms with Gasteiger partial charge in [-0.05, 0) is 43.4 Å². The molecule has 5 nitrogen and oxygen atoms in total. The van der Waals surface area contributed by atoms with Crippen LogP contribution in [0.5, 0.6) is 0 Å². The zero-order valence-electron chi connectivity index (χ0n) is 15.9. The number of carboxylic acid groups (broad SMARTS) is 1. The lowest BCUT2D eigenvalue weighted by Crippen LogP contribution is -2.38. The molecule has 0 radical (unpaired) electrons. The number of hydrogen-bond donors (Lipinski definition) is 1. The Labute approximate surface area is 165 Å². The van der Waals surface area contributed by atoms with E-state index in [1.807, 2.05) is 24.3 Å². The minimum Gasteiger partial charge on any atom is -0.481 e. The van der Waals surface area contributed by atoms with Crippen LogP contribution in [0.4, 0.5) is 5.69 Å². The van der Waals surface area contributed by atoms with Crippen LogP contribution in [-0.2, 0) is 16.0 Å². The van der Waals surface area contributed by atoms with Crippen LogP contribution in [-0.4, -0.2) is 33.9 Å². The molecule has 6 heteroatoms. The lowest BCUT2D eigenvalue weighted by atomic mass is 9.99. The molecule has 1 aromatic carbocycles. The van der Waals surface area contributed by atoms with Crippen molar-refractivity contribution in [1.29, 1.82) is 0 Å². The molecule has 1 fully saturated rings. The second kappa shape index (κ2) is 9.40. The zero-order chi connectivity index (χ0) is 19.2. The predicted molar refractivity (Wildman–Crippen MR) is 110 cm³/mol. The van der Waals surface area contributed by atoms with Crippen LogP contribution in [0.25, 0.3) is 0 Å². The summed E-state index contributed by atoms with van der Waals surface area (Å²) < 4.78 is 0. The molecule has 1 aliphatic heterocycles. The minimum atomic E-state index is -0.781. The molecule has 1 amide bonds. The highest BCUT2D eigenvalue weighted by molar-refractivity contribution is 8.14. The van der Waals surface area contributed by atoms with E-state index in [2.05, 4.69) is 16.8 Å². The molecule has 0 spiro atoms. The lowest BCUT2D eigenvalue weighted by Gasteiger charge is -2.33. The summed E-state index contributed by atoms with van der Waals surface area (Å²) in [6, 6.07) is 7.98. The fourth-order valence-electron chi connectivity index (χ4n) is 3.81. The van der Waals surface area contributed by atoms with E-state index in [1.54, 1.807) is 11.8 Å². The fraction of sp³-hybridized carbons (Fsp3) is 0.571. The van der Waals surface area contributed by atoms with Crippen LogP contribution in [0.1, 0.15) is 57.4 Å². The normalized spacial score (nSPS) is 22.6. The Morgan fingerprint density at radius 1 is 1.22 bits per heavy atom. The Hall–Kier alpha value is -1.82. The van der Waals surface area contributed by atoms with Crippen molar-refractivity contribution in [2.24, 2.45) is 10.9 Å². The van der Waals surface area contributed by atoms with Gasteiger partial charge in [-0.2, -0.15) is 4.99 Å². The summed E-state index contributed by atoms with van der Waals surface area (Å²) in [4.78, 5) is 30.0. The maximum Gasteiger partial charge on any atom is 0.303 e. The van der Waals surface area contributed by atoms with E-state index in [0.29, 0.717) is 11.7 Å². The number of aliphatic imine (C=N–C) groups is 1. The second-order valence-electron chi connectivity index (χ2n) is 7.35. The van der Waals surface area contributed by atoms with E-state index < -0.39 is 5.97 Å². The van der Waals surface area contributed by atoms with Crippen LogP contribution < -0.4 is 4.90 Å². The van der Waals surface area contributed by atoms with Crippen molar-refractivity contribution in [2.75, 3.05) is 11.4 Å². The van der Waals surface area contributed by atoms with E-state index in [0.717, 1.165) is 48.6 Å². The molecule has 1 aliphatic carbocycles. The van der Waals surface area contributed by atoms with Gasteiger partial charge in [-0.3, -0.25) is 9.59 Å². The van der Waals surface area contributed by atoms with Gasteiger partial charge in [0, 0.05) is 23.9 Å². The quantitative estimate of drug-likeness (QED) is 0.777. The van der Waals surface area contributed by atoms with Crippen LogP contribution in [0.3, 0.4) is 0 Å². The van der Waals surface area contributed by atoms with Crippen molar-refractivity contribution in [3.8, 4) is 0 Å².